The first-order valence-corrected chi connectivity index (χ1v) is 41.1. The van der Waals surface area contributed by atoms with Crippen LogP contribution in [0.4, 0.5) is 5.69 Å². The number of hydrogen-bond acceptors (Lipinski definition) is 22. The fourth-order valence-electron chi connectivity index (χ4n) is 15.7. The molecule has 24 aromatic rings. The Hall–Kier alpha value is -17.8. The standard InChI is InChI=1S/C26H22N8.C25H20N8.C24H17N7.C23H15N7.4CH4/c1-2-27-10-16-8-19(13-29-11-16)17-5-6-22-20(9-17)25(34-33-22)26-31-23-15-30-14-21(24(23)32-26)18-4-3-7-28-12-18;1-33(2)18-8-17(11-27-12-18)15-5-6-21-19(9-15)24(32-31-21)25-29-22-14-28-13-20(23(22)30-25)16-4-3-7-26-10-16;1-14-6-8-26-11-18(14)15-4-5-20-17(9-15)23(31-30-20)24-28-21-13-27-12-19(22(21)29-24)16-3-2-7-25-10-16;1-3-15(10-24-7-1)14-5-6-19-17(9-14)22(30-29-19)23-27-20-13-26-12-18(21(20)28-23)16-4-2-8-25-11-16;;;;/h3-9,11-15,27H,2,10H2,1H3,(H,31,32)(H,33,34);3-14H,1-2H3,(H,29,30)(H,31,32);2-13H,1H3,(H,28,29)(H,30,31);1-13H,(H,27,28)(H,29,30);4*1H4. The summed E-state index contributed by atoms with van der Waals surface area (Å²) in [7, 11) is 4.02. The van der Waals surface area contributed by atoms with Gasteiger partial charge in [0.15, 0.2) is 23.3 Å². The first-order chi connectivity index (χ1) is 63.1. The normalized spacial score (nSPS) is 11.0. The van der Waals surface area contributed by atoms with E-state index in [2.05, 4.69) is 200 Å². The van der Waals surface area contributed by atoms with Gasteiger partial charge in [-0.1, -0.05) is 91.2 Å². The summed E-state index contributed by atoms with van der Waals surface area (Å²) >= 11 is 0. The van der Waals surface area contributed by atoms with Crippen molar-refractivity contribution in [2.45, 2.75) is 50.1 Å². The summed E-state index contributed by atoms with van der Waals surface area (Å²) in [5.74, 6) is 2.76. The molecule has 0 fully saturated rings. The fraction of sp³-hybridized carbons (Fsp3) is 0.0980. The third kappa shape index (κ3) is 17.1. The maximum absolute atomic E-state index is 4.91. The van der Waals surface area contributed by atoms with Gasteiger partial charge < -0.3 is 30.2 Å². The molecule has 0 atom stereocenters. The zero-order chi connectivity index (χ0) is 86.0. The van der Waals surface area contributed by atoms with E-state index in [0.717, 1.165) is 224 Å². The van der Waals surface area contributed by atoms with Crippen LogP contribution in [0.3, 0.4) is 0 Å². The molecule has 132 heavy (non-hydrogen) atoms. The number of aromatic nitrogens is 28. The molecule has 9 N–H and O–H groups in total. The predicted octanol–water partition coefficient (Wildman–Crippen LogP) is 21.5. The van der Waals surface area contributed by atoms with Gasteiger partial charge in [0, 0.05) is 227 Å². The van der Waals surface area contributed by atoms with Gasteiger partial charge in [0.25, 0.3) is 0 Å². The first kappa shape index (κ1) is 86.3. The molecule has 0 aliphatic heterocycles. The highest BCUT2D eigenvalue weighted by atomic mass is 15.2. The van der Waals surface area contributed by atoms with Gasteiger partial charge in [-0.3, -0.25) is 80.2 Å². The molecule has 0 spiro atoms. The number of imidazole rings is 4. The number of benzene rings is 4. The summed E-state index contributed by atoms with van der Waals surface area (Å²) in [6, 6.07) is 50.9. The molecule has 0 saturated heterocycles. The van der Waals surface area contributed by atoms with Gasteiger partial charge in [0.1, 0.15) is 44.8 Å². The summed E-state index contributed by atoms with van der Waals surface area (Å²) in [6.45, 7) is 5.90. The molecule has 24 rings (SSSR count). The maximum atomic E-state index is 4.91. The number of hydrogen-bond donors (Lipinski definition) is 9. The number of nitrogens with one attached hydrogen (secondary N) is 9. The van der Waals surface area contributed by atoms with E-state index >= 15 is 0 Å². The monoisotopic (exact) mass is 1730 g/mol. The Morgan fingerprint density at radius 2 is 0.583 bits per heavy atom. The highest BCUT2D eigenvalue weighted by Crippen LogP contribution is 2.40. The lowest BCUT2D eigenvalue weighted by Crippen LogP contribution is -2.11. The highest BCUT2D eigenvalue weighted by molar-refractivity contribution is 6.03. The van der Waals surface area contributed by atoms with E-state index in [-0.39, 0.29) is 29.7 Å². The minimum atomic E-state index is 0. The molecule has 0 radical (unpaired) electrons. The molecule has 648 valence electrons. The zero-order valence-electron chi connectivity index (χ0n) is 69.1. The lowest BCUT2D eigenvalue weighted by Gasteiger charge is -2.13. The average Bonchev–Trinajstić information content (AvgIpc) is 1.63. The lowest BCUT2D eigenvalue weighted by atomic mass is 10.0. The molecular weight excluding hydrogens is 1650 g/mol. The van der Waals surface area contributed by atoms with Gasteiger partial charge in [0.2, 0.25) is 0 Å². The van der Waals surface area contributed by atoms with Crippen molar-refractivity contribution >= 4 is 93.4 Å². The van der Waals surface area contributed by atoms with E-state index in [1.54, 1.807) is 55.8 Å². The largest absolute Gasteiger partial charge is 0.376 e. The molecule has 4 aromatic carbocycles. The molecule has 0 aliphatic carbocycles. The van der Waals surface area contributed by atoms with E-state index in [0.29, 0.717) is 23.3 Å². The number of aryl methyl sites for hydroxylation is 1. The van der Waals surface area contributed by atoms with Crippen molar-refractivity contribution in [3.63, 3.8) is 0 Å². The van der Waals surface area contributed by atoms with Crippen LogP contribution < -0.4 is 10.2 Å². The second kappa shape index (κ2) is 37.8. The minimum absolute atomic E-state index is 0. The molecule has 30 nitrogen and oxygen atoms in total. The number of fused-ring (bicyclic) bond motifs is 8. The molecule has 0 amide bonds. The van der Waals surface area contributed by atoms with Crippen molar-refractivity contribution in [2.24, 2.45) is 0 Å². The van der Waals surface area contributed by atoms with Crippen LogP contribution in [0.5, 0.6) is 0 Å². The number of nitrogens with zero attached hydrogens (tertiary/aromatic N) is 21. The molecule has 0 aliphatic rings. The smallest absolute Gasteiger partial charge is 0.159 e. The van der Waals surface area contributed by atoms with Crippen LogP contribution in [-0.4, -0.2) is 161 Å². The number of pyridine rings is 12. The fourth-order valence-corrected chi connectivity index (χ4v) is 15.7. The van der Waals surface area contributed by atoms with Crippen LogP contribution in [0.25, 0.3) is 223 Å². The summed E-state index contributed by atoms with van der Waals surface area (Å²) < 4.78 is 0. The van der Waals surface area contributed by atoms with E-state index in [1.165, 1.54) is 5.56 Å². The van der Waals surface area contributed by atoms with Crippen LogP contribution in [0.15, 0.2) is 300 Å². The molecule has 20 aromatic heterocycles. The van der Waals surface area contributed by atoms with Gasteiger partial charge in [-0.25, -0.2) is 19.9 Å². The van der Waals surface area contributed by atoms with Gasteiger partial charge in [-0.15, -0.1) is 0 Å². The Balaban J connectivity index is 0.000000122. The lowest BCUT2D eigenvalue weighted by molar-refractivity contribution is 0.724. The second-order valence-corrected chi connectivity index (χ2v) is 30.6. The molecule has 0 bridgehead atoms. The summed E-state index contributed by atoms with van der Waals surface area (Å²) in [4.78, 5) is 86.9. The third-order valence-corrected chi connectivity index (χ3v) is 22.2. The zero-order valence-corrected chi connectivity index (χ0v) is 69.1. The van der Waals surface area contributed by atoms with Crippen molar-refractivity contribution in [3.8, 4) is 135 Å². The summed E-state index contributed by atoms with van der Waals surface area (Å²) in [5.41, 5.74) is 33.2. The molecule has 20 heterocycles. The number of aromatic amines is 8. The van der Waals surface area contributed by atoms with Crippen LogP contribution in [0.2, 0.25) is 0 Å². The third-order valence-electron chi connectivity index (χ3n) is 22.2. The maximum Gasteiger partial charge on any atom is 0.159 e. The molecular formula is C102H90N30. The molecule has 0 saturated carbocycles. The van der Waals surface area contributed by atoms with E-state index in [9.17, 15) is 0 Å². The quantitative estimate of drug-likeness (QED) is 0.0434. The second-order valence-electron chi connectivity index (χ2n) is 30.6. The topological polar surface area (TPSA) is 399 Å². The van der Waals surface area contributed by atoms with Gasteiger partial charge >= 0.3 is 0 Å². The number of rotatable bonds is 16. The van der Waals surface area contributed by atoms with Crippen molar-refractivity contribution in [2.75, 3.05) is 25.5 Å². The van der Waals surface area contributed by atoms with Gasteiger partial charge in [0.05, 0.1) is 80.8 Å². The van der Waals surface area contributed by atoms with Gasteiger partial charge in [-0.05, 0) is 144 Å². The molecule has 30 heteroatoms. The van der Waals surface area contributed by atoms with Crippen LogP contribution in [-0.2, 0) is 6.54 Å². The Kier molecular flexibility index (Phi) is 24.7. The minimum Gasteiger partial charge on any atom is -0.376 e. The summed E-state index contributed by atoms with van der Waals surface area (Å²) in [6.07, 6.45) is 43.5. The van der Waals surface area contributed by atoms with Crippen molar-refractivity contribution in [1.29, 1.82) is 0 Å². The van der Waals surface area contributed by atoms with Gasteiger partial charge in [-0.2, -0.15) is 20.4 Å². The SMILES string of the molecule is C.C.C.C.CCNCc1cncc(-c2ccc3[nH]nc(-c4nc5c(-c6cccnc6)cncc5[nH]4)c3c2)c1.CN(C)c1cncc(-c2ccc3[nH]nc(-c4nc5c(-c6cccnc6)cncc5[nH]4)c3c2)c1.Cc1ccncc1-c1ccc2[nH]nc(-c3nc4c(-c5cccnc5)cncc4[nH]3)c2c1.c1cncc(-c2ccc3[nH]nc(-c4nc5c(-c6cccnc6)cncc5[nH]4)c3c2)c1. The van der Waals surface area contributed by atoms with E-state index < -0.39 is 0 Å². The molecule has 0 unspecified atom stereocenters. The Morgan fingerprint density at radius 1 is 0.273 bits per heavy atom. The number of H-pyrrole nitrogens is 8. The van der Waals surface area contributed by atoms with Crippen molar-refractivity contribution < 1.29 is 0 Å². The Labute approximate surface area is 757 Å². The first-order valence-electron chi connectivity index (χ1n) is 41.1. The number of anilines is 1. The Bertz CT molecular complexity index is 8140. The average molecular weight is 1740 g/mol. The van der Waals surface area contributed by atoms with Crippen molar-refractivity contribution in [3.05, 3.63) is 312 Å². The summed E-state index contributed by atoms with van der Waals surface area (Å²) in [5, 5.41) is 38.0. The van der Waals surface area contributed by atoms with E-state index in [1.807, 2.05) is 203 Å². The van der Waals surface area contributed by atoms with Crippen molar-refractivity contribution in [1.82, 2.24) is 146 Å². The van der Waals surface area contributed by atoms with E-state index in [4.69, 9.17) is 19.9 Å². The Morgan fingerprint density at radius 3 is 0.932 bits per heavy atom. The van der Waals surface area contributed by atoms with Crippen LogP contribution >= 0.6 is 0 Å². The van der Waals surface area contributed by atoms with Crippen LogP contribution in [0, 0.1) is 6.92 Å². The van der Waals surface area contributed by atoms with Crippen LogP contribution in [0.1, 0.15) is 47.8 Å². The highest BCUT2D eigenvalue weighted by Gasteiger charge is 2.23. The predicted molar refractivity (Wildman–Crippen MR) is 525 cm³/mol.